The van der Waals surface area contributed by atoms with Crippen molar-refractivity contribution in [3.8, 4) is 0 Å². The van der Waals surface area contributed by atoms with Gasteiger partial charge < -0.3 is 16.0 Å². The number of hydrogen-bond acceptors (Lipinski definition) is 6. The lowest BCUT2D eigenvalue weighted by atomic mass is 9.98. The molecule has 0 aromatic carbocycles. The molecule has 0 unspecified atom stereocenters. The summed E-state index contributed by atoms with van der Waals surface area (Å²) in [6.07, 6.45) is 4.20. The van der Waals surface area contributed by atoms with Crippen LogP contribution in [0.5, 0.6) is 0 Å². The Morgan fingerprint density at radius 1 is 1.29 bits per heavy atom. The maximum absolute atomic E-state index is 13.0. The van der Waals surface area contributed by atoms with Crippen LogP contribution < -0.4 is 21.5 Å². The molecule has 0 bridgehead atoms. The number of hydrogen-bond donors (Lipinski definition) is 3. The summed E-state index contributed by atoms with van der Waals surface area (Å²) in [6.45, 7) is 1.43. The first kappa shape index (κ1) is 15.1. The number of piperidine rings is 1. The Labute approximate surface area is 142 Å². The van der Waals surface area contributed by atoms with Gasteiger partial charge in [-0.15, -0.1) is 0 Å². The Bertz CT molecular complexity index is 860. The lowest BCUT2D eigenvalue weighted by molar-refractivity contribution is 0.0886. The van der Waals surface area contributed by atoms with Crippen LogP contribution in [0.1, 0.15) is 23.3 Å². The van der Waals surface area contributed by atoms with Gasteiger partial charge in [0.2, 0.25) is 0 Å². The molecule has 1 fully saturated rings. The molecule has 1 spiro atoms. The standard InChI is InChI=1S/C15H15ClN6O2/c16-9-7-10(20-11-1-4-18-8-19-11)14(24)22-12(9)13(23)21-15(22)2-5-17-6-3-15/h1,4,7-8,17H,2-3,5-6H2,(H,21,23)(H,18,19,20). The van der Waals surface area contributed by atoms with Crippen molar-refractivity contribution < 1.29 is 4.79 Å². The number of fused-ring (bicyclic) bond motifs is 2. The molecule has 1 amide bonds. The molecule has 124 valence electrons. The van der Waals surface area contributed by atoms with Crippen molar-refractivity contribution >= 4 is 29.0 Å². The summed E-state index contributed by atoms with van der Waals surface area (Å²) < 4.78 is 1.50. The van der Waals surface area contributed by atoms with Gasteiger partial charge in [-0.3, -0.25) is 14.2 Å². The highest BCUT2D eigenvalue weighted by atomic mass is 35.5. The Kier molecular flexibility index (Phi) is 3.50. The molecule has 1 saturated heterocycles. The topological polar surface area (TPSA) is 101 Å². The molecule has 0 radical (unpaired) electrons. The fourth-order valence-electron chi connectivity index (χ4n) is 3.31. The predicted octanol–water partition coefficient (Wildman–Crippen LogP) is 0.815. The Morgan fingerprint density at radius 2 is 2.08 bits per heavy atom. The highest BCUT2D eigenvalue weighted by molar-refractivity contribution is 6.34. The van der Waals surface area contributed by atoms with E-state index < -0.39 is 5.66 Å². The van der Waals surface area contributed by atoms with Crippen LogP contribution in [0, 0.1) is 0 Å². The van der Waals surface area contributed by atoms with Crippen LogP contribution in [0.4, 0.5) is 11.5 Å². The number of anilines is 2. The van der Waals surface area contributed by atoms with Crippen molar-refractivity contribution in [3.05, 3.63) is 45.7 Å². The van der Waals surface area contributed by atoms with Gasteiger partial charge >= 0.3 is 0 Å². The average Bonchev–Trinajstić information content (AvgIpc) is 2.86. The van der Waals surface area contributed by atoms with Gasteiger partial charge in [0.25, 0.3) is 11.5 Å². The van der Waals surface area contributed by atoms with Crippen LogP contribution in [0.25, 0.3) is 0 Å². The van der Waals surface area contributed by atoms with Gasteiger partial charge in [-0.05, 0) is 25.2 Å². The fourth-order valence-corrected chi connectivity index (χ4v) is 3.59. The SMILES string of the molecule is O=C1NC2(CCNCC2)n2c1c(Cl)cc(Nc1ccncn1)c2=O. The number of pyridine rings is 1. The molecule has 8 nitrogen and oxygen atoms in total. The van der Waals surface area contributed by atoms with Crippen molar-refractivity contribution in [1.29, 1.82) is 0 Å². The summed E-state index contributed by atoms with van der Waals surface area (Å²) in [5.74, 6) is 0.169. The molecular formula is C15H15ClN6O2. The highest BCUT2D eigenvalue weighted by Crippen LogP contribution is 2.34. The number of aromatic nitrogens is 3. The third-order valence-corrected chi connectivity index (χ3v) is 4.71. The first-order valence-corrected chi connectivity index (χ1v) is 8.01. The van der Waals surface area contributed by atoms with E-state index in [4.69, 9.17) is 11.6 Å². The summed E-state index contributed by atoms with van der Waals surface area (Å²) in [6, 6.07) is 3.12. The van der Waals surface area contributed by atoms with Crippen molar-refractivity contribution in [2.75, 3.05) is 18.4 Å². The van der Waals surface area contributed by atoms with E-state index >= 15 is 0 Å². The largest absolute Gasteiger partial charge is 0.336 e. The monoisotopic (exact) mass is 346 g/mol. The van der Waals surface area contributed by atoms with Crippen molar-refractivity contribution in [2.45, 2.75) is 18.5 Å². The normalized spacial score (nSPS) is 18.3. The summed E-state index contributed by atoms with van der Waals surface area (Å²) in [5.41, 5.74) is -0.524. The van der Waals surface area contributed by atoms with E-state index in [1.165, 1.54) is 17.0 Å². The lowest BCUT2D eigenvalue weighted by Crippen LogP contribution is -2.53. The second-order valence-electron chi connectivity index (χ2n) is 5.85. The number of carbonyl (C=O) groups is 1. The Balaban J connectivity index is 1.85. The van der Waals surface area contributed by atoms with Gasteiger partial charge in [0.05, 0.1) is 5.02 Å². The maximum atomic E-state index is 13.0. The van der Waals surface area contributed by atoms with E-state index in [-0.39, 0.29) is 27.9 Å². The van der Waals surface area contributed by atoms with E-state index in [9.17, 15) is 9.59 Å². The van der Waals surface area contributed by atoms with E-state index in [2.05, 4.69) is 25.9 Å². The highest BCUT2D eigenvalue weighted by Gasteiger charge is 2.45. The summed E-state index contributed by atoms with van der Waals surface area (Å²) in [4.78, 5) is 33.3. The first-order chi connectivity index (χ1) is 11.6. The number of nitrogens with zero attached hydrogens (tertiary/aromatic N) is 3. The number of halogens is 1. The molecule has 0 atom stereocenters. The van der Waals surface area contributed by atoms with Crippen molar-refractivity contribution in [3.63, 3.8) is 0 Å². The van der Waals surface area contributed by atoms with Gasteiger partial charge in [-0.1, -0.05) is 11.6 Å². The molecule has 9 heteroatoms. The van der Waals surface area contributed by atoms with Crippen LogP contribution in [-0.2, 0) is 5.66 Å². The van der Waals surface area contributed by atoms with E-state index in [1.807, 2.05) is 0 Å². The minimum absolute atomic E-state index is 0.219. The first-order valence-electron chi connectivity index (χ1n) is 7.63. The fraction of sp³-hybridized carbons (Fsp3) is 0.333. The molecule has 0 saturated carbocycles. The van der Waals surface area contributed by atoms with E-state index in [0.717, 1.165) is 0 Å². The summed E-state index contributed by atoms with van der Waals surface area (Å²) in [7, 11) is 0. The number of carbonyl (C=O) groups excluding carboxylic acids is 1. The van der Waals surface area contributed by atoms with Crippen LogP contribution in [0.3, 0.4) is 0 Å². The minimum atomic E-state index is -0.720. The quantitative estimate of drug-likeness (QED) is 0.744. The second kappa shape index (κ2) is 5.57. The van der Waals surface area contributed by atoms with Crippen molar-refractivity contribution in [2.24, 2.45) is 0 Å². The molecule has 2 aliphatic rings. The molecule has 2 aliphatic heterocycles. The second-order valence-corrected chi connectivity index (χ2v) is 6.26. The van der Waals surface area contributed by atoms with Gasteiger partial charge in [0.1, 0.15) is 29.2 Å². The number of rotatable bonds is 2. The zero-order valence-electron chi connectivity index (χ0n) is 12.7. The van der Waals surface area contributed by atoms with Crippen LogP contribution in [0.15, 0.2) is 29.5 Å². The molecule has 4 heterocycles. The summed E-state index contributed by atoms with van der Waals surface area (Å²) in [5, 5.41) is 9.38. The molecule has 4 rings (SSSR count). The van der Waals surface area contributed by atoms with Gasteiger partial charge in [-0.25, -0.2) is 9.97 Å². The smallest absolute Gasteiger partial charge is 0.276 e. The minimum Gasteiger partial charge on any atom is -0.336 e. The van der Waals surface area contributed by atoms with Crippen molar-refractivity contribution in [1.82, 2.24) is 25.2 Å². The molecule has 2 aromatic rings. The van der Waals surface area contributed by atoms with Gasteiger partial charge in [0, 0.05) is 19.0 Å². The van der Waals surface area contributed by atoms with Crippen LogP contribution >= 0.6 is 11.6 Å². The van der Waals surface area contributed by atoms with E-state index in [0.29, 0.717) is 31.7 Å². The van der Waals surface area contributed by atoms with Gasteiger partial charge in [0.15, 0.2) is 0 Å². The molecular weight excluding hydrogens is 332 g/mol. The number of nitrogens with one attached hydrogen (secondary N) is 3. The maximum Gasteiger partial charge on any atom is 0.276 e. The third kappa shape index (κ3) is 2.26. The zero-order valence-corrected chi connectivity index (χ0v) is 13.4. The Hall–Kier alpha value is -2.45. The van der Waals surface area contributed by atoms with Crippen LogP contribution in [-0.4, -0.2) is 33.5 Å². The predicted molar refractivity (Wildman–Crippen MR) is 88.6 cm³/mol. The third-order valence-electron chi connectivity index (χ3n) is 4.42. The van der Waals surface area contributed by atoms with E-state index in [1.54, 1.807) is 12.3 Å². The average molecular weight is 347 g/mol. The lowest BCUT2D eigenvalue weighted by Gasteiger charge is -2.35. The summed E-state index contributed by atoms with van der Waals surface area (Å²) >= 11 is 6.30. The van der Waals surface area contributed by atoms with Gasteiger partial charge in [-0.2, -0.15) is 0 Å². The zero-order chi connectivity index (χ0) is 16.7. The molecule has 24 heavy (non-hydrogen) atoms. The Morgan fingerprint density at radius 3 is 2.79 bits per heavy atom. The number of amides is 1. The molecule has 3 N–H and O–H groups in total. The van der Waals surface area contributed by atoms with Crippen LogP contribution in [0.2, 0.25) is 5.02 Å². The molecule has 2 aromatic heterocycles. The molecule has 0 aliphatic carbocycles.